The summed E-state index contributed by atoms with van der Waals surface area (Å²) in [7, 11) is 0. The third-order valence-electron chi connectivity index (χ3n) is 4.48. The van der Waals surface area contributed by atoms with Gasteiger partial charge in [0.15, 0.2) is 12.4 Å². The maximum Gasteiger partial charge on any atom is 0.306 e. The van der Waals surface area contributed by atoms with Crippen molar-refractivity contribution in [1.82, 2.24) is 9.72 Å². The van der Waals surface area contributed by atoms with Crippen molar-refractivity contribution in [2.45, 2.75) is 40.0 Å². The zero-order valence-electron chi connectivity index (χ0n) is 14.7. The van der Waals surface area contributed by atoms with Gasteiger partial charge in [-0.05, 0) is 45.6 Å². The SMILES string of the molecule is Cc1cc(-n2c(C)cc(C(=O)COC(=O)C[C@H]3C=CCC3)c2C)no1. The zero-order valence-corrected chi connectivity index (χ0v) is 14.7. The monoisotopic (exact) mass is 342 g/mol. The fourth-order valence-corrected chi connectivity index (χ4v) is 3.22. The van der Waals surface area contributed by atoms with Gasteiger partial charge in [-0.2, -0.15) is 0 Å². The lowest BCUT2D eigenvalue weighted by molar-refractivity contribution is -0.143. The van der Waals surface area contributed by atoms with Gasteiger partial charge in [-0.1, -0.05) is 17.3 Å². The predicted molar refractivity (Wildman–Crippen MR) is 91.8 cm³/mol. The van der Waals surface area contributed by atoms with Gasteiger partial charge in [0.1, 0.15) is 5.76 Å². The molecule has 132 valence electrons. The first-order chi connectivity index (χ1) is 12.0. The number of nitrogens with zero attached hydrogens (tertiary/aromatic N) is 2. The summed E-state index contributed by atoms with van der Waals surface area (Å²) >= 11 is 0. The average molecular weight is 342 g/mol. The molecule has 6 heteroatoms. The third-order valence-corrected chi connectivity index (χ3v) is 4.48. The minimum Gasteiger partial charge on any atom is -0.457 e. The summed E-state index contributed by atoms with van der Waals surface area (Å²) in [6.45, 7) is 5.31. The van der Waals surface area contributed by atoms with Crippen molar-refractivity contribution in [2.75, 3.05) is 6.61 Å². The Labute approximate surface area is 146 Å². The van der Waals surface area contributed by atoms with Gasteiger partial charge < -0.3 is 9.26 Å². The minimum absolute atomic E-state index is 0.213. The van der Waals surface area contributed by atoms with Crippen molar-refractivity contribution < 1.29 is 18.8 Å². The Morgan fingerprint density at radius 3 is 2.76 bits per heavy atom. The second kappa shape index (κ2) is 7.09. The van der Waals surface area contributed by atoms with Gasteiger partial charge in [-0.25, -0.2) is 0 Å². The number of aryl methyl sites for hydroxylation is 2. The number of rotatable bonds is 6. The molecule has 2 heterocycles. The van der Waals surface area contributed by atoms with Crippen molar-refractivity contribution in [1.29, 1.82) is 0 Å². The predicted octanol–water partition coefficient (Wildman–Crippen LogP) is 3.47. The number of hydrogen-bond donors (Lipinski definition) is 0. The first-order valence-corrected chi connectivity index (χ1v) is 8.44. The van der Waals surface area contributed by atoms with Gasteiger partial charge in [0.05, 0.1) is 6.42 Å². The molecule has 0 aromatic carbocycles. The Bertz CT molecular complexity index is 829. The molecule has 6 nitrogen and oxygen atoms in total. The number of Topliss-reactive ketones (excluding diaryl/α,β-unsaturated/α-hetero) is 1. The van der Waals surface area contributed by atoms with Gasteiger partial charge in [0, 0.05) is 23.0 Å². The highest BCUT2D eigenvalue weighted by Crippen LogP contribution is 2.22. The number of hydrogen-bond acceptors (Lipinski definition) is 5. The van der Waals surface area contributed by atoms with E-state index in [1.54, 1.807) is 6.07 Å². The van der Waals surface area contributed by atoms with Gasteiger partial charge in [0.25, 0.3) is 0 Å². The summed E-state index contributed by atoms with van der Waals surface area (Å²) in [6, 6.07) is 3.60. The van der Waals surface area contributed by atoms with E-state index in [9.17, 15) is 9.59 Å². The van der Waals surface area contributed by atoms with Crippen LogP contribution in [0.4, 0.5) is 0 Å². The van der Waals surface area contributed by atoms with Gasteiger partial charge in [-0.15, -0.1) is 0 Å². The molecule has 0 aliphatic heterocycles. The lowest BCUT2D eigenvalue weighted by atomic mass is 10.1. The van der Waals surface area contributed by atoms with Crippen molar-refractivity contribution >= 4 is 11.8 Å². The van der Waals surface area contributed by atoms with Crippen LogP contribution in [0.1, 0.15) is 46.8 Å². The van der Waals surface area contributed by atoms with Crippen molar-refractivity contribution in [3.8, 4) is 5.82 Å². The summed E-state index contributed by atoms with van der Waals surface area (Å²) in [4.78, 5) is 24.3. The van der Waals surface area contributed by atoms with E-state index in [4.69, 9.17) is 9.26 Å². The number of carbonyl (C=O) groups excluding carboxylic acids is 2. The molecule has 1 aliphatic carbocycles. The van der Waals surface area contributed by atoms with Gasteiger partial charge >= 0.3 is 5.97 Å². The molecule has 0 fully saturated rings. The van der Waals surface area contributed by atoms with Crippen molar-refractivity contribution in [2.24, 2.45) is 5.92 Å². The molecule has 1 atom stereocenters. The largest absolute Gasteiger partial charge is 0.457 e. The number of esters is 1. The molecule has 0 amide bonds. The minimum atomic E-state index is -0.328. The lowest BCUT2D eigenvalue weighted by Crippen LogP contribution is -2.16. The number of ether oxygens (including phenoxy) is 1. The summed E-state index contributed by atoms with van der Waals surface area (Å²) in [6.07, 6.45) is 6.42. The number of allylic oxidation sites excluding steroid dienone is 2. The van der Waals surface area contributed by atoms with Crippen LogP contribution in [-0.2, 0) is 9.53 Å². The van der Waals surface area contributed by atoms with E-state index in [2.05, 4.69) is 11.2 Å². The van der Waals surface area contributed by atoms with Crippen LogP contribution in [0.5, 0.6) is 0 Å². The van der Waals surface area contributed by atoms with Crippen LogP contribution < -0.4 is 0 Å². The molecule has 2 aromatic heterocycles. The highest BCUT2D eigenvalue weighted by Gasteiger charge is 2.20. The maximum atomic E-state index is 12.5. The molecule has 0 N–H and O–H groups in total. The molecular weight excluding hydrogens is 320 g/mol. The van der Waals surface area contributed by atoms with Crippen LogP contribution in [0.25, 0.3) is 5.82 Å². The number of ketones is 1. The Hall–Kier alpha value is -2.63. The summed E-state index contributed by atoms with van der Waals surface area (Å²) in [5, 5.41) is 4.00. The number of carbonyl (C=O) groups is 2. The third kappa shape index (κ3) is 3.73. The van der Waals surface area contributed by atoms with E-state index in [0.717, 1.165) is 24.2 Å². The summed E-state index contributed by atoms with van der Waals surface area (Å²) < 4.78 is 12.1. The van der Waals surface area contributed by atoms with Crippen molar-refractivity contribution in [3.05, 3.63) is 47.0 Å². The maximum absolute atomic E-state index is 12.5. The first-order valence-electron chi connectivity index (χ1n) is 8.44. The molecule has 0 bridgehead atoms. The van der Waals surface area contributed by atoms with E-state index < -0.39 is 0 Å². The highest BCUT2D eigenvalue weighted by molar-refractivity contribution is 5.99. The van der Waals surface area contributed by atoms with Crippen LogP contribution in [0.3, 0.4) is 0 Å². The van der Waals surface area contributed by atoms with E-state index in [1.807, 2.05) is 37.5 Å². The van der Waals surface area contributed by atoms with Crippen LogP contribution >= 0.6 is 0 Å². The van der Waals surface area contributed by atoms with Crippen LogP contribution in [0.15, 0.2) is 28.8 Å². The molecule has 0 saturated heterocycles. The Balaban J connectivity index is 1.66. The first kappa shape index (κ1) is 17.2. The molecule has 0 unspecified atom stereocenters. The van der Waals surface area contributed by atoms with E-state index in [-0.39, 0.29) is 24.3 Å². The molecule has 0 radical (unpaired) electrons. The fraction of sp³-hybridized carbons (Fsp3) is 0.421. The molecule has 3 rings (SSSR count). The van der Waals surface area contributed by atoms with Gasteiger partial charge in [0.2, 0.25) is 5.78 Å². The molecule has 2 aromatic rings. The molecule has 0 saturated carbocycles. The molecule has 25 heavy (non-hydrogen) atoms. The molecule has 0 spiro atoms. The van der Waals surface area contributed by atoms with Crippen molar-refractivity contribution in [3.63, 3.8) is 0 Å². The molecule has 1 aliphatic rings. The van der Waals surface area contributed by atoms with E-state index >= 15 is 0 Å². The normalized spacial score (nSPS) is 16.4. The summed E-state index contributed by atoms with van der Waals surface area (Å²) in [5.74, 6) is 1.03. The quantitative estimate of drug-likeness (QED) is 0.456. The Morgan fingerprint density at radius 2 is 2.12 bits per heavy atom. The topological polar surface area (TPSA) is 74.3 Å². The zero-order chi connectivity index (χ0) is 18.0. The van der Waals surface area contributed by atoms with Gasteiger partial charge in [-0.3, -0.25) is 14.2 Å². The second-order valence-electron chi connectivity index (χ2n) is 6.47. The highest BCUT2D eigenvalue weighted by atomic mass is 16.5. The smallest absolute Gasteiger partial charge is 0.306 e. The lowest BCUT2D eigenvalue weighted by Gasteiger charge is -2.08. The average Bonchev–Trinajstić information content (AvgIpc) is 3.27. The van der Waals surface area contributed by atoms with Crippen LogP contribution in [-0.4, -0.2) is 28.1 Å². The van der Waals surface area contributed by atoms with Crippen LogP contribution in [0, 0.1) is 26.7 Å². The fourth-order valence-electron chi connectivity index (χ4n) is 3.22. The van der Waals surface area contributed by atoms with E-state index in [0.29, 0.717) is 23.6 Å². The Kier molecular flexibility index (Phi) is 4.88. The Morgan fingerprint density at radius 1 is 1.32 bits per heavy atom. The standard InChI is InChI=1S/C19H22N2O4/c1-12-8-16(14(3)21(12)18-9-13(2)25-20-18)17(22)11-24-19(23)10-15-6-4-5-7-15/h4,6,8-9,15H,5,7,10-11H2,1-3H3/t15-/m0/s1. The summed E-state index contributed by atoms with van der Waals surface area (Å²) in [5.41, 5.74) is 2.16. The van der Waals surface area contributed by atoms with E-state index in [1.165, 1.54) is 0 Å². The number of aromatic nitrogens is 2. The van der Waals surface area contributed by atoms with Crippen LogP contribution in [0.2, 0.25) is 0 Å². The second-order valence-corrected chi connectivity index (χ2v) is 6.47. The molecular formula is C19H22N2O4.